The zero-order valence-corrected chi connectivity index (χ0v) is 16.2. The van der Waals surface area contributed by atoms with E-state index in [2.05, 4.69) is 41.6 Å². The van der Waals surface area contributed by atoms with Gasteiger partial charge in [-0.25, -0.2) is 0 Å². The van der Waals surface area contributed by atoms with Gasteiger partial charge in [-0.3, -0.25) is 15.6 Å². The molecule has 140 valence electrons. The first-order chi connectivity index (χ1) is 13.6. The molecule has 0 saturated heterocycles. The lowest BCUT2D eigenvalue weighted by molar-refractivity contribution is -0.117. The highest BCUT2D eigenvalue weighted by Crippen LogP contribution is 2.06. The summed E-state index contributed by atoms with van der Waals surface area (Å²) in [7, 11) is 0. The number of amides is 1. The molecule has 0 fully saturated rings. The molecule has 0 aliphatic carbocycles. The van der Waals surface area contributed by atoms with Gasteiger partial charge in [-0.2, -0.15) is 0 Å². The molecule has 0 aromatic heterocycles. The van der Waals surface area contributed by atoms with Crippen LogP contribution in [0.1, 0.15) is 25.0 Å². The molecule has 28 heavy (non-hydrogen) atoms. The van der Waals surface area contributed by atoms with E-state index in [1.807, 2.05) is 73.7 Å². The van der Waals surface area contributed by atoms with Gasteiger partial charge in [0.1, 0.15) is 0 Å². The number of carbonyl (C=O) groups excluding carboxylic acids is 1. The van der Waals surface area contributed by atoms with Gasteiger partial charge in [0.25, 0.3) is 5.91 Å². The molecule has 0 spiro atoms. The van der Waals surface area contributed by atoms with Crippen molar-refractivity contribution in [3.05, 3.63) is 102 Å². The van der Waals surface area contributed by atoms with Crippen LogP contribution < -0.4 is 10.9 Å². The van der Waals surface area contributed by atoms with Crippen LogP contribution in [0.25, 0.3) is 5.70 Å². The highest BCUT2D eigenvalue weighted by molar-refractivity contribution is 5.88. The Hall–Kier alpha value is -3.95. The second-order valence-corrected chi connectivity index (χ2v) is 5.44. The third-order valence-corrected chi connectivity index (χ3v) is 3.31. The Morgan fingerprint density at radius 2 is 1.57 bits per heavy atom. The van der Waals surface area contributed by atoms with Gasteiger partial charge in [0.2, 0.25) is 0 Å². The second kappa shape index (κ2) is 13.3. The molecular formula is C25H24N2O. The van der Waals surface area contributed by atoms with Crippen molar-refractivity contribution in [2.45, 2.75) is 13.8 Å². The second-order valence-electron chi connectivity index (χ2n) is 5.44. The van der Waals surface area contributed by atoms with Gasteiger partial charge in [-0.15, -0.1) is 12.3 Å². The maximum absolute atomic E-state index is 11.9. The fraction of sp³-hybridized carbons (Fsp3) is 0.0800. The minimum absolute atomic E-state index is 0.280. The largest absolute Gasteiger partial charge is 0.298 e. The number of nitrogens with one attached hydrogen (secondary N) is 2. The quantitative estimate of drug-likeness (QED) is 0.354. The van der Waals surface area contributed by atoms with E-state index in [0.717, 1.165) is 16.7 Å². The number of rotatable bonds is 5. The number of benzene rings is 2. The Kier molecular flexibility index (Phi) is 10.5. The van der Waals surface area contributed by atoms with Gasteiger partial charge < -0.3 is 0 Å². The van der Waals surface area contributed by atoms with Crippen molar-refractivity contribution in [3.63, 3.8) is 0 Å². The fourth-order valence-electron chi connectivity index (χ4n) is 1.93. The van der Waals surface area contributed by atoms with Crippen molar-refractivity contribution in [1.29, 1.82) is 0 Å². The lowest BCUT2D eigenvalue weighted by atomic mass is 10.2. The van der Waals surface area contributed by atoms with Crippen LogP contribution in [0.4, 0.5) is 0 Å². The lowest BCUT2D eigenvalue weighted by Crippen LogP contribution is -2.34. The Morgan fingerprint density at radius 3 is 2.14 bits per heavy atom. The normalized spacial score (nSPS) is 9.82. The third kappa shape index (κ3) is 8.94. The van der Waals surface area contributed by atoms with E-state index in [9.17, 15) is 4.79 Å². The van der Waals surface area contributed by atoms with Crippen LogP contribution in [0.5, 0.6) is 0 Å². The number of allylic oxidation sites excluding steroid dienone is 3. The van der Waals surface area contributed by atoms with E-state index in [4.69, 9.17) is 0 Å². The minimum Gasteiger partial charge on any atom is -0.298 e. The van der Waals surface area contributed by atoms with E-state index >= 15 is 0 Å². The van der Waals surface area contributed by atoms with Gasteiger partial charge >= 0.3 is 0 Å². The lowest BCUT2D eigenvalue weighted by Gasteiger charge is -2.09. The summed E-state index contributed by atoms with van der Waals surface area (Å²) in [6.07, 6.45) is 9.56. The number of hydrogen-bond donors (Lipinski definition) is 2. The molecule has 0 unspecified atom stereocenters. The monoisotopic (exact) mass is 368 g/mol. The van der Waals surface area contributed by atoms with Gasteiger partial charge in [-0.05, 0) is 37.6 Å². The molecule has 3 nitrogen and oxygen atoms in total. The topological polar surface area (TPSA) is 41.1 Å². The van der Waals surface area contributed by atoms with Crippen LogP contribution in [0.2, 0.25) is 0 Å². The average molecular weight is 368 g/mol. The highest BCUT2D eigenvalue weighted by atomic mass is 16.2. The number of hydrogen-bond acceptors (Lipinski definition) is 2. The smallest absolute Gasteiger partial charge is 0.262 e. The SMILES string of the molecule is C#CC.C=C(NNC(=O)/C=C/C(C#Cc1ccccc1)=C\C)c1ccccc1. The molecule has 0 aliphatic rings. The summed E-state index contributed by atoms with van der Waals surface area (Å²) >= 11 is 0. The molecule has 0 radical (unpaired) electrons. The van der Waals surface area contributed by atoms with Crippen LogP contribution in [-0.2, 0) is 4.79 Å². The summed E-state index contributed by atoms with van der Waals surface area (Å²) in [6.45, 7) is 7.42. The average Bonchev–Trinajstić information content (AvgIpc) is 2.74. The maximum Gasteiger partial charge on any atom is 0.262 e. The van der Waals surface area contributed by atoms with Crippen molar-refractivity contribution >= 4 is 11.6 Å². The highest BCUT2D eigenvalue weighted by Gasteiger charge is 1.99. The van der Waals surface area contributed by atoms with Crippen molar-refractivity contribution in [1.82, 2.24) is 10.9 Å². The zero-order chi connectivity index (χ0) is 20.6. The van der Waals surface area contributed by atoms with E-state index in [1.54, 1.807) is 13.0 Å². The first-order valence-corrected chi connectivity index (χ1v) is 8.69. The standard InChI is InChI=1S/C22H20N2O.C3H4/c1-3-19(14-15-20-10-6-4-7-11-20)16-17-22(25)24-23-18(2)21-12-8-5-9-13-21;1-3-2/h3-13,16-17,23H,2H2,1H3,(H,24,25);1H,2H3/b17-16+,19-3-;. The number of hydrazine groups is 1. The summed E-state index contributed by atoms with van der Waals surface area (Å²) in [5.41, 5.74) is 8.61. The molecular weight excluding hydrogens is 344 g/mol. The fourth-order valence-corrected chi connectivity index (χ4v) is 1.93. The summed E-state index contributed by atoms with van der Waals surface area (Å²) < 4.78 is 0. The Bertz CT molecular complexity index is 921. The van der Waals surface area contributed by atoms with Crippen LogP contribution in [0, 0.1) is 24.2 Å². The molecule has 0 bridgehead atoms. The van der Waals surface area contributed by atoms with Gasteiger partial charge in [-0.1, -0.05) is 73.0 Å². The molecule has 1 amide bonds. The summed E-state index contributed by atoms with van der Waals surface area (Å²) in [5, 5.41) is 0. The number of terminal acetylenes is 1. The first-order valence-electron chi connectivity index (χ1n) is 8.69. The molecule has 0 aliphatic heterocycles. The molecule has 2 aromatic rings. The predicted octanol–water partition coefficient (Wildman–Crippen LogP) is 4.47. The summed E-state index contributed by atoms with van der Waals surface area (Å²) in [4.78, 5) is 11.9. The Labute approximate surface area is 167 Å². The van der Waals surface area contributed by atoms with Crippen LogP contribution in [0.3, 0.4) is 0 Å². The summed E-state index contributed by atoms with van der Waals surface area (Å²) in [6, 6.07) is 19.3. The van der Waals surface area contributed by atoms with Crippen molar-refractivity contribution in [3.8, 4) is 24.2 Å². The van der Waals surface area contributed by atoms with Gasteiger partial charge in [0.15, 0.2) is 0 Å². The molecule has 3 heteroatoms. The molecule has 2 aromatic carbocycles. The zero-order valence-electron chi connectivity index (χ0n) is 16.2. The van der Waals surface area contributed by atoms with Gasteiger partial charge in [0.05, 0.1) is 5.70 Å². The van der Waals surface area contributed by atoms with Gasteiger partial charge in [0, 0.05) is 17.2 Å². The number of carbonyl (C=O) groups is 1. The molecule has 2 N–H and O–H groups in total. The van der Waals surface area contributed by atoms with E-state index in [1.165, 1.54) is 6.08 Å². The van der Waals surface area contributed by atoms with Crippen molar-refractivity contribution < 1.29 is 4.79 Å². The van der Waals surface area contributed by atoms with E-state index in [0.29, 0.717) is 5.70 Å². The Morgan fingerprint density at radius 1 is 1.00 bits per heavy atom. The van der Waals surface area contributed by atoms with Crippen LogP contribution in [-0.4, -0.2) is 5.91 Å². The molecule has 0 saturated carbocycles. The first kappa shape index (κ1) is 22.1. The minimum atomic E-state index is -0.280. The van der Waals surface area contributed by atoms with Crippen LogP contribution in [0.15, 0.2) is 91.0 Å². The van der Waals surface area contributed by atoms with Crippen molar-refractivity contribution in [2.24, 2.45) is 0 Å². The van der Waals surface area contributed by atoms with Crippen molar-refractivity contribution in [2.75, 3.05) is 0 Å². The third-order valence-electron chi connectivity index (χ3n) is 3.31. The van der Waals surface area contributed by atoms with E-state index < -0.39 is 0 Å². The molecule has 2 rings (SSSR count). The summed E-state index contributed by atoms with van der Waals surface area (Å²) in [5.74, 6) is 8.07. The van der Waals surface area contributed by atoms with Crippen LogP contribution >= 0.6 is 0 Å². The molecule has 0 heterocycles. The predicted molar refractivity (Wildman–Crippen MR) is 117 cm³/mol. The Balaban J connectivity index is 0.00000122. The van der Waals surface area contributed by atoms with E-state index in [-0.39, 0.29) is 5.91 Å². The maximum atomic E-state index is 11.9. The molecule has 0 atom stereocenters.